The van der Waals surface area contributed by atoms with E-state index in [4.69, 9.17) is 19.2 Å². The van der Waals surface area contributed by atoms with Gasteiger partial charge in [-0.3, -0.25) is 29.1 Å². The van der Waals surface area contributed by atoms with Crippen LogP contribution in [-0.4, -0.2) is 66.0 Å². The molecule has 1 aromatic carbocycles. The summed E-state index contributed by atoms with van der Waals surface area (Å²) in [6.45, 7) is 3.75. The molecule has 3 rings (SSSR count). The zero-order valence-electron chi connectivity index (χ0n) is 21.6. The molecule has 2 aromatic rings. The SMILES string of the molecule is CCOP(=O)(NC(=N)c1ccc(-c2ncc(C(=O)N(C)[C@H]3CC[C@H](C(=O)OC)CC3)cn2)cc1)OCC. The van der Waals surface area contributed by atoms with Crippen molar-refractivity contribution in [1.82, 2.24) is 20.0 Å². The molecule has 0 bridgehead atoms. The number of esters is 1. The minimum atomic E-state index is -3.61. The quantitative estimate of drug-likeness (QED) is 0.201. The summed E-state index contributed by atoms with van der Waals surface area (Å²) in [5.74, 6) is -0.123. The molecule has 37 heavy (non-hydrogen) atoms. The van der Waals surface area contributed by atoms with Gasteiger partial charge < -0.3 is 9.64 Å². The third kappa shape index (κ3) is 7.21. The van der Waals surface area contributed by atoms with Crippen LogP contribution in [0.1, 0.15) is 55.5 Å². The van der Waals surface area contributed by atoms with Crippen LogP contribution in [0.3, 0.4) is 0 Å². The number of amidine groups is 1. The van der Waals surface area contributed by atoms with Crippen molar-refractivity contribution in [2.45, 2.75) is 45.6 Å². The van der Waals surface area contributed by atoms with Crippen LogP contribution in [0.4, 0.5) is 0 Å². The highest BCUT2D eigenvalue weighted by Gasteiger charge is 2.31. The first-order chi connectivity index (χ1) is 17.7. The van der Waals surface area contributed by atoms with E-state index in [1.54, 1.807) is 50.1 Å². The van der Waals surface area contributed by atoms with E-state index in [2.05, 4.69) is 15.1 Å². The second-order valence-electron chi connectivity index (χ2n) is 8.64. The van der Waals surface area contributed by atoms with Crippen molar-refractivity contribution in [2.24, 2.45) is 5.92 Å². The van der Waals surface area contributed by atoms with E-state index in [-0.39, 0.29) is 42.9 Å². The molecule has 2 N–H and O–H groups in total. The molecule has 11 nitrogen and oxygen atoms in total. The Balaban J connectivity index is 1.62. The molecule has 0 atom stereocenters. The molecule has 1 aromatic heterocycles. The van der Waals surface area contributed by atoms with Crippen LogP contribution in [0.5, 0.6) is 0 Å². The van der Waals surface area contributed by atoms with Crippen molar-refractivity contribution >= 4 is 25.5 Å². The Labute approximate surface area is 217 Å². The standard InChI is InChI=1S/C25H34N5O6P/c1-5-35-37(33,36-6-2)29-22(26)17-7-9-18(10-8-17)23-27-15-20(16-28-23)24(31)30(3)21-13-11-19(12-14-21)25(32)34-4/h7-10,15-16,19,21H,5-6,11-14H2,1-4H3,(H2,26,29,33)/t19-,21-. The fraction of sp³-hybridized carbons (Fsp3) is 0.480. The van der Waals surface area contributed by atoms with Gasteiger partial charge >= 0.3 is 13.7 Å². The van der Waals surface area contributed by atoms with Gasteiger partial charge in [0.2, 0.25) is 0 Å². The van der Waals surface area contributed by atoms with Gasteiger partial charge in [-0.1, -0.05) is 24.3 Å². The largest absolute Gasteiger partial charge is 0.469 e. The van der Waals surface area contributed by atoms with Crippen LogP contribution >= 0.6 is 7.75 Å². The van der Waals surface area contributed by atoms with Gasteiger partial charge in [0.25, 0.3) is 5.91 Å². The topological polar surface area (TPSA) is 144 Å². The van der Waals surface area contributed by atoms with E-state index in [0.717, 1.165) is 12.8 Å². The molecule has 1 saturated carbocycles. The second kappa shape index (κ2) is 12.9. The molecule has 200 valence electrons. The number of methoxy groups -OCH3 is 1. The lowest BCUT2D eigenvalue weighted by molar-refractivity contribution is -0.146. The van der Waals surface area contributed by atoms with Crippen molar-refractivity contribution in [3.05, 3.63) is 47.8 Å². The van der Waals surface area contributed by atoms with E-state index in [1.807, 2.05) is 0 Å². The molecule has 1 aliphatic carbocycles. The highest BCUT2D eigenvalue weighted by atomic mass is 31.2. The fourth-order valence-electron chi connectivity index (χ4n) is 4.25. The number of carbonyl (C=O) groups excluding carboxylic acids is 2. The third-order valence-electron chi connectivity index (χ3n) is 6.28. The van der Waals surface area contributed by atoms with E-state index in [1.165, 1.54) is 19.5 Å². The Kier molecular flexibility index (Phi) is 9.91. The molecular formula is C25H34N5O6P. The number of benzene rings is 1. The first kappa shape index (κ1) is 28.4. The molecular weight excluding hydrogens is 497 g/mol. The predicted molar refractivity (Wildman–Crippen MR) is 138 cm³/mol. The summed E-state index contributed by atoms with van der Waals surface area (Å²) >= 11 is 0. The van der Waals surface area contributed by atoms with Crippen LogP contribution < -0.4 is 5.09 Å². The number of hydrogen-bond donors (Lipinski definition) is 2. The Morgan fingerprint density at radius 3 is 2.11 bits per heavy atom. The molecule has 1 heterocycles. The summed E-state index contributed by atoms with van der Waals surface area (Å²) in [6.07, 6.45) is 5.87. The molecule has 1 amide bonds. The maximum absolute atomic E-state index is 13.0. The van der Waals surface area contributed by atoms with Gasteiger partial charge in [0.05, 0.1) is 31.8 Å². The zero-order chi connectivity index (χ0) is 27.0. The number of hydrogen-bond acceptors (Lipinski definition) is 9. The summed E-state index contributed by atoms with van der Waals surface area (Å²) in [5.41, 5.74) is 1.56. The van der Waals surface area contributed by atoms with Crippen LogP contribution in [0.15, 0.2) is 36.7 Å². The summed E-state index contributed by atoms with van der Waals surface area (Å²) < 4.78 is 27.8. The smallest absolute Gasteiger partial charge is 0.433 e. The van der Waals surface area contributed by atoms with Crippen LogP contribution in [0.2, 0.25) is 0 Å². The summed E-state index contributed by atoms with van der Waals surface area (Å²) in [6, 6.07) is 6.87. The second-order valence-corrected chi connectivity index (χ2v) is 10.4. The molecule has 0 saturated heterocycles. The maximum Gasteiger partial charge on any atom is 0.433 e. The molecule has 0 spiro atoms. The van der Waals surface area contributed by atoms with Crippen molar-refractivity contribution < 1.29 is 27.9 Å². The zero-order valence-corrected chi connectivity index (χ0v) is 22.5. The number of aromatic nitrogens is 2. The van der Waals surface area contributed by atoms with Gasteiger partial charge in [-0.05, 0) is 39.5 Å². The Morgan fingerprint density at radius 2 is 1.59 bits per heavy atom. The summed E-state index contributed by atoms with van der Waals surface area (Å²) in [7, 11) is -0.449. The van der Waals surface area contributed by atoms with Gasteiger partial charge in [0.15, 0.2) is 5.82 Å². The van der Waals surface area contributed by atoms with Gasteiger partial charge in [0.1, 0.15) is 5.84 Å². The minimum absolute atomic E-state index is 0.0466. The number of ether oxygens (including phenoxy) is 1. The van der Waals surface area contributed by atoms with E-state index < -0.39 is 7.75 Å². The molecule has 0 aliphatic heterocycles. The molecule has 1 aliphatic rings. The van der Waals surface area contributed by atoms with Gasteiger partial charge in [0, 0.05) is 36.6 Å². The van der Waals surface area contributed by atoms with Gasteiger partial charge in [-0.2, -0.15) is 0 Å². The number of nitrogens with one attached hydrogen (secondary N) is 2. The number of amides is 1. The summed E-state index contributed by atoms with van der Waals surface area (Å²) in [5, 5.41) is 10.8. The maximum atomic E-state index is 13.0. The predicted octanol–water partition coefficient (Wildman–Crippen LogP) is 4.04. The molecule has 0 radical (unpaired) electrons. The van der Waals surface area contributed by atoms with Crippen LogP contribution in [0, 0.1) is 11.3 Å². The Hall–Kier alpha value is -3.14. The third-order valence-corrected chi connectivity index (χ3v) is 7.97. The van der Waals surface area contributed by atoms with E-state index in [9.17, 15) is 14.2 Å². The lowest BCUT2D eigenvalue weighted by atomic mass is 9.85. The van der Waals surface area contributed by atoms with E-state index in [0.29, 0.717) is 35.4 Å². The van der Waals surface area contributed by atoms with Crippen molar-refractivity contribution in [3.63, 3.8) is 0 Å². The van der Waals surface area contributed by atoms with Crippen molar-refractivity contribution in [3.8, 4) is 11.4 Å². The normalized spacial score (nSPS) is 17.6. The van der Waals surface area contributed by atoms with Crippen molar-refractivity contribution in [1.29, 1.82) is 5.41 Å². The Morgan fingerprint density at radius 1 is 1.03 bits per heavy atom. The van der Waals surface area contributed by atoms with Gasteiger partial charge in [-0.15, -0.1) is 0 Å². The average Bonchev–Trinajstić information content (AvgIpc) is 2.92. The Bertz CT molecular complexity index is 1120. The fourth-order valence-corrected chi connectivity index (χ4v) is 5.54. The average molecular weight is 532 g/mol. The highest BCUT2D eigenvalue weighted by molar-refractivity contribution is 7.52. The van der Waals surface area contributed by atoms with Crippen LogP contribution in [-0.2, 0) is 23.1 Å². The highest BCUT2D eigenvalue weighted by Crippen LogP contribution is 2.43. The number of carbonyl (C=O) groups is 2. The number of rotatable bonds is 10. The molecule has 0 unspecified atom stereocenters. The van der Waals surface area contributed by atoms with Gasteiger partial charge in [-0.25, -0.2) is 14.5 Å². The lowest BCUT2D eigenvalue weighted by Gasteiger charge is -2.33. The monoisotopic (exact) mass is 531 g/mol. The van der Waals surface area contributed by atoms with Crippen LogP contribution in [0.25, 0.3) is 11.4 Å². The molecule has 12 heteroatoms. The molecule has 1 fully saturated rings. The lowest BCUT2D eigenvalue weighted by Crippen LogP contribution is -2.40. The number of nitrogens with zero attached hydrogens (tertiary/aromatic N) is 3. The van der Waals surface area contributed by atoms with Crippen molar-refractivity contribution in [2.75, 3.05) is 27.4 Å². The minimum Gasteiger partial charge on any atom is -0.469 e. The van der Waals surface area contributed by atoms with E-state index >= 15 is 0 Å². The summed E-state index contributed by atoms with van der Waals surface area (Å²) in [4.78, 5) is 35.1. The first-order valence-electron chi connectivity index (χ1n) is 12.2. The first-order valence-corrected chi connectivity index (χ1v) is 13.8.